The number of pyridine rings is 1. The molecule has 0 radical (unpaired) electrons. The largest absolute Gasteiger partial charge is 0.497 e. The lowest BCUT2D eigenvalue weighted by molar-refractivity contribution is 0.0378. The first-order valence-corrected chi connectivity index (χ1v) is 13.5. The topological polar surface area (TPSA) is 45.6 Å². The second-order valence-corrected chi connectivity index (χ2v) is 11.3. The van der Waals surface area contributed by atoms with Crippen molar-refractivity contribution in [3.05, 3.63) is 35.5 Å². The van der Waals surface area contributed by atoms with E-state index in [0.717, 1.165) is 61.7 Å². The van der Waals surface area contributed by atoms with Gasteiger partial charge in [0.2, 0.25) is 0 Å². The fourth-order valence-electron chi connectivity index (χ4n) is 5.57. The van der Waals surface area contributed by atoms with Crippen molar-refractivity contribution in [2.75, 3.05) is 39.1 Å². The Labute approximate surface area is 198 Å². The minimum absolute atomic E-state index is 0.101. The molecule has 2 aliphatic rings. The van der Waals surface area contributed by atoms with E-state index in [-0.39, 0.29) is 5.41 Å². The number of aliphatic hydroxyl groups is 1. The van der Waals surface area contributed by atoms with Crippen LogP contribution >= 0.6 is 11.8 Å². The normalized spacial score (nSPS) is 19.6. The van der Waals surface area contributed by atoms with Crippen LogP contribution in [0.25, 0.3) is 10.9 Å². The molecule has 0 spiro atoms. The highest BCUT2D eigenvalue weighted by atomic mass is 32.2. The molecule has 1 aliphatic heterocycles. The first-order valence-electron chi connectivity index (χ1n) is 12.5. The van der Waals surface area contributed by atoms with E-state index in [1.807, 2.05) is 18.3 Å². The van der Waals surface area contributed by atoms with Gasteiger partial charge < -0.3 is 14.7 Å². The van der Waals surface area contributed by atoms with E-state index in [4.69, 9.17) is 4.74 Å². The van der Waals surface area contributed by atoms with Gasteiger partial charge in [0.25, 0.3) is 0 Å². The summed E-state index contributed by atoms with van der Waals surface area (Å²) in [5.41, 5.74) is 3.76. The minimum Gasteiger partial charge on any atom is -0.497 e. The van der Waals surface area contributed by atoms with Crippen molar-refractivity contribution >= 4 is 22.7 Å². The molecular weight excluding hydrogens is 416 g/mol. The van der Waals surface area contributed by atoms with E-state index in [9.17, 15) is 5.11 Å². The fraction of sp³-hybridized carbons (Fsp3) is 0.667. The Hall–Kier alpha value is -1.30. The number of likely N-dealkylation sites (tertiary alicyclic amines) is 1. The van der Waals surface area contributed by atoms with Gasteiger partial charge in [0.05, 0.1) is 12.6 Å². The van der Waals surface area contributed by atoms with Gasteiger partial charge in [0.15, 0.2) is 0 Å². The second kappa shape index (κ2) is 11.2. The molecule has 0 atom stereocenters. The number of rotatable bonds is 10. The van der Waals surface area contributed by atoms with Crippen molar-refractivity contribution in [3.8, 4) is 5.75 Å². The molecule has 1 aromatic carbocycles. The van der Waals surface area contributed by atoms with Crippen LogP contribution in [0.2, 0.25) is 0 Å². The zero-order valence-electron chi connectivity index (χ0n) is 19.9. The van der Waals surface area contributed by atoms with Gasteiger partial charge in [-0.2, -0.15) is 11.8 Å². The first kappa shape index (κ1) is 23.8. The summed E-state index contributed by atoms with van der Waals surface area (Å²) in [7, 11) is 1.72. The summed E-state index contributed by atoms with van der Waals surface area (Å²) >= 11 is 2.19. The number of aryl methyl sites for hydroxylation is 2. The number of aromatic nitrogens is 1. The molecule has 2 aromatic rings. The number of piperidine rings is 1. The van der Waals surface area contributed by atoms with Crippen LogP contribution in [0.3, 0.4) is 0 Å². The average molecular weight is 457 g/mol. The fourth-order valence-corrected chi connectivity index (χ4v) is 6.93. The summed E-state index contributed by atoms with van der Waals surface area (Å²) in [6, 6.07) is 6.15. The number of nitrogens with zero attached hydrogens (tertiary/aromatic N) is 2. The van der Waals surface area contributed by atoms with Crippen LogP contribution in [0.1, 0.15) is 62.5 Å². The first-order chi connectivity index (χ1) is 15.6. The van der Waals surface area contributed by atoms with Crippen LogP contribution in [-0.2, 0) is 6.42 Å². The van der Waals surface area contributed by atoms with Gasteiger partial charge in [-0.05, 0) is 99.7 Å². The van der Waals surface area contributed by atoms with Crippen LogP contribution in [0.4, 0.5) is 0 Å². The molecule has 2 fully saturated rings. The van der Waals surface area contributed by atoms with Crippen LogP contribution in [0.15, 0.2) is 24.4 Å². The molecule has 0 bridgehead atoms. The number of thioether (sulfide) groups is 1. The Morgan fingerprint density at radius 1 is 1.22 bits per heavy atom. The van der Waals surface area contributed by atoms with E-state index >= 15 is 0 Å². The van der Waals surface area contributed by atoms with Crippen molar-refractivity contribution in [2.45, 2.75) is 70.0 Å². The molecule has 2 heterocycles. The van der Waals surface area contributed by atoms with Crippen molar-refractivity contribution in [3.63, 3.8) is 0 Å². The summed E-state index contributed by atoms with van der Waals surface area (Å²) in [5.74, 6) is 2.16. The summed E-state index contributed by atoms with van der Waals surface area (Å²) in [6.07, 6.45) is 13.2. The number of benzene rings is 1. The highest BCUT2D eigenvalue weighted by Gasteiger charge is 2.33. The van der Waals surface area contributed by atoms with Crippen molar-refractivity contribution < 1.29 is 9.84 Å². The minimum atomic E-state index is 0.101. The average Bonchev–Trinajstić information content (AvgIpc) is 3.35. The lowest BCUT2D eigenvalue weighted by Gasteiger charge is -2.41. The number of fused-ring (bicyclic) bond motifs is 1. The molecule has 4 rings (SSSR count). The third-order valence-corrected chi connectivity index (χ3v) is 9.21. The lowest BCUT2D eigenvalue weighted by atomic mass is 9.75. The molecule has 1 aliphatic carbocycles. The molecule has 4 nitrogen and oxygen atoms in total. The van der Waals surface area contributed by atoms with Crippen LogP contribution in [0, 0.1) is 12.3 Å². The van der Waals surface area contributed by atoms with Gasteiger partial charge in [-0.25, -0.2) is 0 Å². The Balaban J connectivity index is 1.29. The predicted octanol–water partition coefficient (Wildman–Crippen LogP) is 5.62. The summed E-state index contributed by atoms with van der Waals surface area (Å²) in [5, 5.41) is 12.4. The van der Waals surface area contributed by atoms with Gasteiger partial charge in [0.1, 0.15) is 5.75 Å². The third-order valence-electron chi connectivity index (χ3n) is 7.85. The monoisotopic (exact) mass is 456 g/mol. The molecular formula is C27H40N2O2S. The SMILES string of the molecule is COc1ccc2ncc(C)c(CCCC3(CO)CCN(CCSC4CCCC4)CC3)c2c1. The second-order valence-electron chi connectivity index (χ2n) is 9.93. The Morgan fingerprint density at radius 3 is 2.72 bits per heavy atom. The van der Waals surface area contributed by atoms with E-state index < -0.39 is 0 Å². The van der Waals surface area contributed by atoms with Gasteiger partial charge in [-0.3, -0.25) is 4.98 Å². The summed E-state index contributed by atoms with van der Waals surface area (Å²) < 4.78 is 5.45. The molecule has 1 N–H and O–H groups in total. The van der Waals surface area contributed by atoms with E-state index in [0.29, 0.717) is 6.61 Å². The summed E-state index contributed by atoms with van der Waals surface area (Å²) in [6.45, 7) is 5.97. The Bertz CT molecular complexity index is 873. The van der Waals surface area contributed by atoms with Crippen molar-refractivity contribution in [1.82, 2.24) is 9.88 Å². The third kappa shape index (κ3) is 5.78. The molecule has 1 aromatic heterocycles. The Kier molecular flexibility index (Phi) is 8.36. The zero-order chi connectivity index (χ0) is 22.4. The van der Waals surface area contributed by atoms with Gasteiger partial charge in [-0.15, -0.1) is 0 Å². The van der Waals surface area contributed by atoms with E-state index in [2.05, 4.69) is 34.6 Å². The molecule has 0 unspecified atom stereocenters. The maximum absolute atomic E-state index is 10.3. The van der Waals surface area contributed by atoms with Gasteiger partial charge in [-0.1, -0.05) is 12.8 Å². The molecule has 0 amide bonds. The Morgan fingerprint density at radius 2 is 2.00 bits per heavy atom. The maximum atomic E-state index is 10.3. The maximum Gasteiger partial charge on any atom is 0.119 e. The molecule has 5 heteroatoms. The van der Waals surface area contributed by atoms with E-state index in [1.165, 1.54) is 54.5 Å². The quantitative estimate of drug-likeness (QED) is 0.502. The lowest BCUT2D eigenvalue weighted by Crippen LogP contribution is -2.43. The number of methoxy groups -OCH3 is 1. The zero-order valence-corrected chi connectivity index (χ0v) is 20.8. The molecule has 1 saturated heterocycles. The highest BCUT2D eigenvalue weighted by Crippen LogP contribution is 2.37. The van der Waals surface area contributed by atoms with Crippen LogP contribution < -0.4 is 4.74 Å². The van der Waals surface area contributed by atoms with Crippen LogP contribution in [-0.4, -0.2) is 59.3 Å². The number of hydrogen-bond donors (Lipinski definition) is 1. The predicted molar refractivity (Wildman–Crippen MR) is 136 cm³/mol. The molecule has 176 valence electrons. The summed E-state index contributed by atoms with van der Waals surface area (Å²) in [4.78, 5) is 7.23. The number of aliphatic hydroxyl groups excluding tert-OH is 1. The standard InChI is InChI=1S/C27H40N2O2S/c1-21-19-28-26-10-9-22(31-2)18-25(26)24(21)8-5-11-27(20-30)12-14-29(15-13-27)16-17-32-23-6-3-4-7-23/h9-10,18-19,23,30H,3-8,11-17,20H2,1-2H3. The van der Waals surface area contributed by atoms with Gasteiger partial charge in [0, 0.05) is 35.7 Å². The van der Waals surface area contributed by atoms with Crippen molar-refractivity contribution in [2.24, 2.45) is 5.41 Å². The van der Waals surface area contributed by atoms with Crippen LogP contribution in [0.5, 0.6) is 5.75 Å². The molecule has 1 saturated carbocycles. The van der Waals surface area contributed by atoms with Crippen molar-refractivity contribution in [1.29, 1.82) is 0 Å². The van der Waals surface area contributed by atoms with E-state index in [1.54, 1.807) is 7.11 Å². The van der Waals surface area contributed by atoms with Gasteiger partial charge >= 0.3 is 0 Å². The smallest absolute Gasteiger partial charge is 0.119 e. The number of hydrogen-bond acceptors (Lipinski definition) is 5. The molecule has 32 heavy (non-hydrogen) atoms. The highest BCUT2D eigenvalue weighted by molar-refractivity contribution is 7.99. The number of ether oxygens (including phenoxy) is 1.